The fourth-order valence-electron chi connectivity index (χ4n) is 3.28. The van der Waals surface area contributed by atoms with Crippen LogP contribution in [0.2, 0.25) is 0 Å². The van der Waals surface area contributed by atoms with Gasteiger partial charge in [-0.05, 0) is 38.1 Å². The van der Waals surface area contributed by atoms with Gasteiger partial charge in [0, 0.05) is 19.6 Å². The molecule has 0 aromatic heterocycles. The van der Waals surface area contributed by atoms with Gasteiger partial charge in [-0.3, -0.25) is 0 Å². The summed E-state index contributed by atoms with van der Waals surface area (Å²) in [5.41, 5.74) is 0.564. The lowest BCUT2D eigenvalue weighted by atomic mass is 10.0. The molecule has 2 aliphatic rings. The fraction of sp³-hybridized carbons (Fsp3) is 0.600. The SMILES string of the molecule is Cc1ccc(F)cc1S(=O)(=O)N1CCO[C@H]2CCN(C)C[C@@H]21. The molecule has 22 heavy (non-hydrogen) atoms. The molecule has 5 nitrogen and oxygen atoms in total. The van der Waals surface area contributed by atoms with Gasteiger partial charge in [0.25, 0.3) is 0 Å². The second kappa shape index (κ2) is 5.88. The van der Waals surface area contributed by atoms with Crippen molar-refractivity contribution in [3.8, 4) is 0 Å². The summed E-state index contributed by atoms with van der Waals surface area (Å²) in [6, 6.07) is 3.69. The highest BCUT2D eigenvalue weighted by atomic mass is 32.2. The summed E-state index contributed by atoms with van der Waals surface area (Å²) >= 11 is 0. The van der Waals surface area contributed by atoms with E-state index in [1.54, 1.807) is 6.92 Å². The second-order valence-corrected chi connectivity index (χ2v) is 7.91. The number of benzene rings is 1. The number of likely N-dealkylation sites (N-methyl/N-ethyl adjacent to an activating group) is 1. The number of hydrogen-bond acceptors (Lipinski definition) is 4. The molecule has 122 valence electrons. The van der Waals surface area contributed by atoms with Crippen molar-refractivity contribution in [1.29, 1.82) is 0 Å². The molecule has 0 saturated carbocycles. The van der Waals surface area contributed by atoms with Gasteiger partial charge in [-0.15, -0.1) is 0 Å². The summed E-state index contributed by atoms with van der Waals surface area (Å²) in [6.45, 7) is 3.93. The summed E-state index contributed by atoms with van der Waals surface area (Å²) in [5.74, 6) is -0.533. The Hall–Kier alpha value is -1.02. The molecule has 0 radical (unpaired) electrons. The van der Waals surface area contributed by atoms with E-state index in [9.17, 15) is 12.8 Å². The standard InChI is InChI=1S/C15H21FN2O3S/c1-11-3-4-12(16)9-15(11)22(19,20)18-7-8-21-14-5-6-17(2)10-13(14)18/h3-4,9,13-14H,5-8,10H2,1-2H3/t13-,14-/m0/s1. The van der Waals surface area contributed by atoms with Gasteiger partial charge < -0.3 is 9.64 Å². The topological polar surface area (TPSA) is 49.9 Å². The minimum absolute atomic E-state index is 0.0568. The maximum absolute atomic E-state index is 13.5. The average Bonchev–Trinajstić information content (AvgIpc) is 2.48. The molecule has 1 aromatic rings. The molecule has 3 rings (SSSR count). The molecular formula is C15H21FN2O3S. The van der Waals surface area contributed by atoms with Crippen LogP contribution in [0.1, 0.15) is 12.0 Å². The Kier molecular flexibility index (Phi) is 4.24. The zero-order valence-corrected chi connectivity index (χ0v) is 13.6. The predicted octanol–water partition coefficient (Wildman–Crippen LogP) is 1.23. The lowest BCUT2D eigenvalue weighted by molar-refractivity contribution is -0.0719. The number of likely N-dealkylation sites (tertiary alicyclic amines) is 1. The molecule has 2 heterocycles. The van der Waals surface area contributed by atoms with Crippen LogP contribution in [0.15, 0.2) is 23.1 Å². The first-order valence-electron chi connectivity index (χ1n) is 7.48. The van der Waals surface area contributed by atoms with Crippen molar-refractivity contribution < 1.29 is 17.5 Å². The molecule has 2 atom stereocenters. The van der Waals surface area contributed by atoms with Crippen molar-refractivity contribution in [3.05, 3.63) is 29.6 Å². The van der Waals surface area contributed by atoms with Crippen molar-refractivity contribution in [2.45, 2.75) is 30.4 Å². The van der Waals surface area contributed by atoms with Gasteiger partial charge in [0.1, 0.15) is 5.82 Å². The van der Waals surface area contributed by atoms with Crippen LogP contribution in [0.5, 0.6) is 0 Å². The van der Waals surface area contributed by atoms with E-state index < -0.39 is 15.8 Å². The van der Waals surface area contributed by atoms with Crippen LogP contribution in [0, 0.1) is 12.7 Å². The van der Waals surface area contributed by atoms with Crippen molar-refractivity contribution in [3.63, 3.8) is 0 Å². The monoisotopic (exact) mass is 328 g/mol. The number of rotatable bonds is 2. The minimum atomic E-state index is -3.72. The quantitative estimate of drug-likeness (QED) is 0.819. The lowest BCUT2D eigenvalue weighted by Gasteiger charge is -2.45. The number of hydrogen-bond donors (Lipinski definition) is 0. The van der Waals surface area contributed by atoms with Gasteiger partial charge in [-0.1, -0.05) is 6.07 Å². The van der Waals surface area contributed by atoms with Gasteiger partial charge in [0.2, 0.25) is 10.0 Å². The van der Waals surface area contributed by atoms with Crippen molar-refractivity contribution in [2.75, 3.05) is 33.3 Å². The number of morpholine rings is 1. The predicted molar refractivity (Wildman–Crippen MR) is 80.7 cm³/mol. The molecule has 2 saturated heterocycles. The summed E-state index contributed by atoms with van der Waals surface area (Å²) in [4.78, 5) is 2.16. The zero-order chi connectivity index (χ0) is 15.9. The number of fused-ring (bicyclic) bond motifs is 1. The molecule has 0 N–H and O–H groups in total. The third-order valence-electron chi connectivity index (χ3n) is 4.47. The summed E-state index contributed by atoms with van der Waals surface area (Å²) in [7, 11) is -1.75. The molecule has 7 heteroatoms. The number of piperidine rings is 1. The number of ether oxygens (including phenoxy) is 1. The molecular weight excluding hydrogens is 307 g/mol. The molecule has 0 aliphatic carbocycles. The Balaban J connectivity index is 1.98. The van der Waals surface area contributed by atoms with E-state index in [1.807, 2.05) is 7.05 Å². The average molecular weight is 328 g/mol. The fourth-order valence-corrected chi connectivity index (χ4v) is 5.14. The first kappa shape index (κ1) is 15.9. The molecule has 0 amide bonds. The van der Waals surface area contributed by atoms with Crippen LogP contribution in [0.4, 0.5) is 4.39 Å². The normalized spacial score (nSPS) is 27.6. The first-order chi connectivity index (χ1) is 10.4. The van der Waals surface area contributed by atoms with Crippen LogP contribution in [0.25, 0.3) is 0 Å². The Labute approximate surface area is 130 Å². The van der Waals surface area contributed by atoms with Crippen LogP contribution >= 0.6 is 0 Å². The Morgan fingerprint density at radius 2 is 2.09 bits per heavy atom. The van der Waals surface area contributed by atoms with Gasteiger partial charge in [-0.25, -0.2) is 12.8 Å². The van der Waals surface area contributed by atoms with E-state index in [4.69, 9.17) is 4.74 Å². The molecule has 0 unspecified atom stereocenters. The molecule has 0 bridgehead atoms. The van der Waals surface area contributed by atoms with E-state index >= 15 is 0 Å². The molecule has 1 aromatic carbocycles. The van der Waals surface area contributed by atoms with Crippen LogP contribution in [0.3, 0.4) is 0 Å². The number of sulfonamides is 1. The van der Waals surface area contributed by atoms with Gasteiger partial charge >= 0.3 is 0 Å². The molecule has 2 aliphatic heterocycles. The van der Waals surface area contributed by atoms with E-state index in [0.717, 1.165) is 19.0 Å². The third-order valence-corrected chi connectivity index (χ3v) is 6.54. The molecule has 0 spiro atoms. The van der Waals surface area contributed by atoms with Crippen LogP contribution in [-0.4, -0.2) is 63.1 Å². The minimum Gasteiger partial charge on any atom is -0.375 e. The van der Waals surface area contributed by atoms with E-state index in [0.29, 0.717) is 25.3 Å². The second-order valence-electron chi connectivity index (χ2n) is 6.05. The largest absolute Gasteiger partial charge is 0.375 e. The highest BCUT2D eigenvalue weighted by Gasteiger charge is 2.42. The summed E-state index contributed by atoms with van der Waals surface area (Å²) in [5, 5.41) is 0. The summed E-state index contributed by atoms with van der Waals surface area (Å²) in [6.07, 6.45) is 0.739. The van der Waals surface area contributed by atoms with Crippen molar-refractivity contribution in [1.82, 2.24) is 9.21 Å². The van der Waals surface area contributed by atoms with Crippen molar-refractivity contribution >= 4 is 10.0 Å². The van der Waals surface area contributed by atoms with Crippen molar-refractivity contribution in [2.24, 2.45) is 0 Å². The Morgan fingerprint density at radius 1 is 1.32 bits per heavy atom. The van der Waals surface area contributed by atoms with E-state index in [2.05, 4.69) is 4.90 Å². The summed E-state index contributed by atoms with van der Waals surface area (Å²) < 4.78 is 46.8. The number of nitrogens with zero attached hydrogens (tertiary/aromatic N) is 2. The van der Waals surface area contributed by atoms with E-state index in [1.165, 1.54) is 16.4 Å². The van der Waals surface area contributed by atoms with Crippen LogP contribution in [-0.2, 0) is 14.8 Å². The van der Waals surface area contributed by atoms with Gasteiger partial charge in [0.15, 0.2) is 0 Å². The molecule has 2 fully saturated rings. The van der Waals surface area contributed by atoms with E-state index in [-0.39, 0.29) is 17.0 Å². The lowest BCUT2D eigenvalue weighted by Crippen LogP contribution is -2.60. The van der Waals surface area contributed by atoms with Gasteiger partial charge in [0.05, 0.1) is 23.6 Å². The maximum atomic E-state index is 13.5. The Morgan fingerprint density at radius 3 is 2.86 bits per heavy atom. The highest BCUT2D eigenvalue weighted by Crippen LogP contribution is 2.29. The number of aryl methyl sites for hydroxylation is 1. The zero-order valence-electron chi connectivity index (χ0n) is 12.8. The third kappa shape index (κ3) is 2.78. The number of halogens is 1. The van der Waals surface area contributed by atoms with Crippen LogP contribution < -0.4 is 0 Å². The maximum Gasteiger partial charge on any atom is 0.243 e. The Bertz CT molecular complexity index is 665. The van der Waals surface area contributed by atoms with Gasteiger partial charge in [-0.2, -0.15) is 4.31 Å². The highest BCUT2D eigenvalue weighted by molar-refractivity contribution is 7.89. The first-order valence-corrected chi connectivity index (χ1v) is 8.92. The smallest absolute Gasteiger partial charge is 0.243 e.